The number of rotatable bonds is 3. The normalized spacial score (nSPS) is 26.2. The average molecular weight is 358 g/mol. The molecule has 3 aliphatic heterocycles. The van der Waals surface area contributed by atoms with Crippen LogP contribution >= 0.6 is 0 Å². The second-order valence-corrected chi connectivity index (χ2v) is 9.31. The highest BCUT2D eigenvalue weighted by Crippen LogP contribution is 2.25. The van der Waals surface area contributed by atoms with Crippen LogP contribution in [0.1, 0.15) is 57.8 Å². The molecule has 0 N–H and O–H groups in total. The zero-order valence-electron chi connectivity index (χ0n) is 14.7. The first-order valence-electron chi connectivity index (χ1n) is 9.63. The predicted octanol–water partition coefficient (Wildman–Crippen LogP) is 1.83. The van der Waals surface area contributed by atoms with Crippen molar-refractivity contribution in [2.24, 2.45) is 5.92 Å². The zero-order chi connectivity index (χ0) is 17.0. The maximum atomic E-state index is 12.7. The van der Waals surface area contributed by atoms with E-state index < -0.39 is 10.2 Å². The highest BCUT2D eigenvalue weighted by molar-refractivity contribution is 7.86. The molecule has 3 heterocycles. The summed E-state index contributed by atoms with van der Waals surface area (Å²) >= 11 is 0. The van der Waals surface area contributed by atoms with Crippen LogP contribution in [0.5, 0.6) is 0 Å². The number of likely N-dealkylation sites (tertiary alicyclic amines) is 1. The third-order valence-corrected chi connectivity index (χ3v) is 7.72. The molecule has 0 aromatic carbocycles. The van der Waals surface area contributed by atoms with Crippen LogP contribution in [0.4, 0.5) is 0 Å². The van der Waals surface area contributed by atoms with Gasteiger partial charge in [-0.1, -0.05) is 19.3 Å². The van der Waals surface area contributed by atoms with E-state index in [0.717, 1.165) is 45.2 Å². The molecule has 0 bridgehead atoms. The lowest BCUT2D eigenvalue weighted by Gasteiger charge is -2.37. The van der Waals surface area contributed by atoms with Gasteiger partial charge in [-0.15, -0.1) is 0 Å². The highest BCUT2D eigenvalue weighted by Gasteiger charge is 2.36. The van der Waals surface area contributed by atoms with Crippen LogP contribution in [0, 0.1) is 5.92 Å². The van der Waals surface area contributed by atoms with Gasteiger partial charge in [0.15, 0.2) is 0 Å². The first-order valence-corrected chi connectivity index (χ1v) is 11.0. The Kier molecular flexibility index (Phi) is 6.16. The molecule has 3 rings (SSSR count). The number of hydrogen-bond acceptors (Lipinski definition) is 3. The molecular formula is C17H31N3O3S. The lowest BCUT2D eigenvalue weighted by Crippen LogP contribution is -2.50. The molecule has 0 aromatic rings. The van der Waals surface area contributed by atoms with Gasteiger partial charge in [-0.3, -0.25) is 4.79 Å². The molecule has 0 radical (unpaired) electrons. The van der Waals surface area contributed by atoms with Crippen LogP contribution in [-0.4, -0.2) is 67.1 Å². The van der Waals surface area contributed by atoms with Crippen LogP contribution < -0.4 is 0 Å². The van der Waals surface area contributed by atoms with E-state index in [1.165, 1.54) is 12.8 Å². The van der Waals surface area contributed by atoms with Crippen molar-refractivity contribution in [1.82, 2.24) is 13.5 Å². The monoisotopic (exact) mass is 357 g/mol. The molecule has 3 saturated heterocycles. The number of carbonyl (C=O) groups excluding carboxylic acids is 1. The summed E-state index contributed by atoms with van der Waals surface area (Å²) in [5.74, 6) is 0.267. The molecule has 0 spiro atoms. The second-order valence-electron chi connectivity index (χ2n) is 7.38. The Bertz CT molecular complexity index is 515. The standard InChI is InChI=1S/C17H31N3O3S/c21-17(18-10-4-1-2-5-11-18)16-8-14-20(15-9-16)24(22,23)19-12-6-3-7-13-19/h16H,1-15H2. The molecule has 3 fully saturated rings. The second kappa shape index (κ2) is 8.15. The Morgan fingerprint density at radius 1 is 0.667 bits per heavy atom. The van der Waals surface area contributed by atoms with Crippen LogP contribution in [0.3, 0.4) is 0 Å². The minimum Gasteiger partial charge on any atom is -0.342 e. The van der Waals surface area contributed by atoms with Gasteiger partial charge in [0, 0.05) is 45.2 Å². The van der Waals surface area contributed by atoms with Crippen LogP contribution in [0.25, 0.3) is 0 Å². The first-order chi connectivity index (χ1) is 11.6. The van der Waals surface area contributed by atoms with Gasteiger partial charge in [-0.05, 0) is 38.5 Å². The van der Waals surface area contributed by atoms with E-state index in [0.29, 0.717) is 39.0 Å². The molecule has 1 amide bonds. The summed E-state index contributed by atoms with van der Waals surface area (Å²) < 4.78 is 28.7. The minimum absolute atomic E-state index is 0.0101. The number of carbonyl (C=O) groups is 1. The highest BCUT2D eigenvalue weighted by atomic mass is 32.2. The molecule has 7 heteroatoms. The number of amides is 1. The maximum absolute atomic E-state index is 12.7. The summed E-state index contributed by atoms with van der Waals surface area (Å²) in [4.78, 5) is 14.7. The smallest absolute Gasteiger partial charge is 0.281 e. The zero-order valence-corrected chi connectivity index (χ0v) is 15.5. The minimum atomic E-state index is -3.32. The van der Waals surface area contributed by atoms with Gasteiger partial charge in [0.05, 0.1) is 0 Å². The average Bonchev–Trinajstić information content (AvgIpc) is 2.91. The van der Waals surface area contributed by atoms with Crippen molar-refractivity contribution in [2.75, 3.05) is 39.3 Å². The van der Waals surface area contributed by atoms with Gasteiger partial charge in [0.1, 0.15) is 0 Å². The lowest BCUT2D eigenvalue weighted by molar-refractivity contribution is -0.136. The van der Waals surface area contributed by atoms with Crippen LogP contribution in [-0.2, 0) is 15.0 Å². The fourth-order valence-corrected chi connectivity index (χ4v) is 5.86. The maximum Gasteiger partial charge on any atom is 0.281 e. The van der Waals surface area contributed by atoms with Crippen molar-refractivity contribution < 1.29 is 13.2 Å². The van der Waals surface area contributed by atoms with Gasteiger partial charge in [-0.25, -0.2) is 0 Å². The number of nitrogens with zero attached hydrogens (tertiary/aromatic N) is 3. The van der Waals surface area contributed by atoms with E-state index in [1.807, 2.05) is 4.90 Å². The molecule has 0 aliphatic carbocycles. The largest absolute Gasteiger partial charge is 0.342 e. The van der Waals surface area contributed by atoms with Gasteiger partial charge < -0.3 is 4.90 Å². The van der Waals surface area contributed by atoms with E-state index in [2.05, 4.69) is 0 Å². The fourth-order valence-electron chi connectivity index (χ4n) is 4.14. The van der Waals surface area contributed by atoms with E-state index in [1.54, 1.807) is 8.61 Å². The summed E-state index contributed by atoms with van der Waals surface area (Å²) in [6.07, 6.45) is 9.03. The Labute approximate surface area is 146 Å². The van der Waals surface area contributed by atoms with Crippen molar-refractivity contribution >= 4 is 16.1 Å². The summed E-state index contributed by atoms with van der Waals surface area (Å²) in [6.45, 7) is 4.03. The molecule has 0 unspecified atom stereocenters. The SMILES string of the molecule is O=C(C1CCN(S(=O)(=O)N2CCCCC2)CC1)N1CCCCCC1. The molecule has 6 nitrogen and oxygen atoms in total. The third-order valence-electron chi connectivity index (χ3n) is 5.69. The van der Waals surface area contributed by atoms with Crippen molar-refractivity contribution in [1.29, 1.82) is 0 Å². The predicted molar refractivity (Wildman–Crippen MR) is 93.7 cm³/mol. The Morgan fingerprint density at radius 3 is 1.71 bits per heavy atom. The topological polar surface area (TPSA) is 60.9 Å². The molecule has 0 aromatic heterocycles. The first kappa shape index (κ1) is 18.1. The Balaban J connectivity index is 1.54. The lowest BCUT2D eigenvalue weighted by atomic mass is 9.96. The number of piperidine rings is 2. The molecular weight excluding hydrogens is 326 g/mol. The number of hydrogen-bond donors (Lipinski definition) is 0. The summed E-state index contributed by atoms with van der Waals surface area (Å²) in [7, 11) is -3.32. The Morgan fingerprint density at radius 2 is 1.12 bits per heavy atom. The summed E-state index contributed by atoms with van der Waals surface area (Å²) in [6, 6.07) is 0. The van der Waals surface area contributed by atoms with E-state index in [4.69, 9.17) is 0 Å². The van der Waals surface area contributed by atoms with Crippen molar-refractivity contribution in [3.05, 3.63) is 0 Å². The van der Waals surface area contributed by atoms with Gasteiger partial charge >= 0.3 is 0 Å². The fraction of sp³-hybridized carbons (Fsp3) is 0.941. The quantitative estimate of drug-likeness (QED) is 0.774. The van der Waals surface area contributed by atoms with E-state index in [9.17, 15) is 13.2 Å². The van der Waals surface area contributed by atoms with Gasteiger partial charge in [0.2, 0.25) is 5.91 Å². The van der Waals surface area contributed by atoms with Crippen molar-refractivity contribution in [2.45, 2.75) is 57.8 Å². The Hall–Kier alpha value is -0.660. The van der Waals surface area contributed by atoms with Crippen molar-refractivity contribution in [3.63, 3.8) is 0 Å². The van der Waals surface area contributed by atoms with Crippen LogP contribution in [0.15, 0.2) is 0 Å². The summed E-state index contributed by atoms with van der Waals surface area (Å²) in [5.41, 5.74) is 0. The molecule has 3 aliphatic rings. The third kappa shape index (κ3) is 4.11. The summed E-state index contributed by atoms with van der Waals surface area (Å²) in [5, 5.41) is 0. The molecule has 0 saturated carbocycles. The molecule has 24 heavy (non-hydrogen) atoms. The van der Waals surface area contributed by atoms with E-state index in [-0.39, 0.29) is 11.8 Å². The van der Waals surface area contributed by atoms with Crippen molar-refractivity contribution in [3.8, 4) is 0 Å². The molecule has 138 valence electrons. The van der Waals surface area contributed by atoms with Gasteiger partial charge in [-0.2, -0.15) is 17.0 Å². The molecule has 0 atom stereocenters. The van der Waals surface area contributed by atoms with Gasteiger partial charge in [0.25, 0.3) is 10.2 Å². The van der Waals surface area contributed by atoms with E-state index >= 15 is 0 Å². The van der Waals surface area contributed by atoms with Crippen LogP contribution in [0.2, 0.25) is 0 Å².